The van der Waals surface area contributed by atoms with Gasteiger partial charge in [-0.15, -0.1) is 0 Å². The molecule has 64 heavy (non-hydrogen) atoms. The highest BCUT2D eigenvalue weighted by atomic mass is 16.4. The first-order valence-electron chi connectivity index (χ1n) is 21.0. The van der Waals surface area contributed by atoms with Crippen LogP contribution in [0.5, 0.6) is 0 Å². The van der Waals surface area contributed by atoms with Crippen LogP contribution in [0.3, 0.4) is 0 Å². The number of carbonyl (C=O) groups excluding carboxylic acids is 8. The number of rotatable bonds is 25. The average Bonchev–Trinajstić information content (AvgIpc) is 3.74. The van der Waals surface area contributed by atoms with Crippen molar-refractivity contribution in [2.75, 3.05) is 13.1 Å². The summed E-state index contributed by atoms with van der Waals surface area (Å²) in [6, 6.07) is 4.37. The molecule has 0 aromatic heterocycles. The third-order valence-electron chi connectivity index (χ3n) is 10.5. The van der Waals surface area contributed by atoms with Crippen LogP contribution in [0.25, 0.3) is 10.8 Å². The second kappa shape index (κ2) is 24.6. The highest BCUT2D eigenvalue weighted by molar-refractivity contribution is 6.38. The van der Waals surface area contributed by atoms with E-state index in [4.69, 9.17) is 5.11 Å². The monoisotopic (exact) mass is 895 g/mol. The van der Waals surface area contributed by atoms with Crippen molar-refractivity contribution in [1.82, 2.24) is 36.8 Å². The standard InChI is InChI=1S/C43H57N7O14/c1-5-10-28(37(58)42(63)44-22-35(56)57)46-41(62)32-15-9-20-50(32)43(64)36(23(2)3)49-40(61)31(21-26-13-8-12-25-11-6-7-14-27(25)26)48-39(60)30(17-19-34(54)55)47-38(59)29(45-24(4)51)16-18-33(52)53/h6-8,11-14,23,28-32,36H,5,9-10,15-22H2,1-4H3,(H,44,63)(H,45,51)(H,46,62)(H,47,59)(H,48,60)(H,49,61)(H,52,53)(H,54,55)(H,56,57). The maximum atomic E-state index is 14.4. The summed E-state index contributed by atoms with van der Waals surface area (Å²) in [5.41, 5.74) is 0.598. The number of hydrogen-bond acceptors (Lipinski definition) is 11. The van der Waals surface area contributed by atoms with Gasteiger partial charge in [0.2, 0.25) is 41.2 Å². The molecule has 1 heterocycles. The largest absolute Gasteiger partial charge is 0.481 e. The fourth-order valence-corrected chi connectivity index (χ4v) is 7.24. The molecule has 2 aromatic rings. The first-order chi connectivity index (χ1) is 30.2. The number of aliphatic carboxylic acids is 3. The van der Waals surface area contributed by atoms with E-state index in [1.165, 1.54) is 4.90 Å². The van der Waals surface area contributed by atoms with Gasteiger partial charge in [-0.25, -0.2) is 0 Å². The number of hydrogen-bond donors (Lipinski definition) is 9. The van der Waals surface area contributed by atoms with Crippen LogP contribution in [-0.2, 0) is 59.2 Å². The number of carbonyl (C=O) groups is 11. The molecule has 1 saturated heterocycles. The summed E-state index contributed by atoms with van der Waals surface area (Å²) in [4.78, 5) is 142. The molecule has 0 radical (unpaired) electrons. The lowest BCUT2D eigenvalue weighted by Crippen LogP contribution is -2.60. The Morgan fingerprint density at radius 1 is 0.688 bits per heavy atom. The number of amides is 7. The summed E-state index contributed by atoms with van der Waals surface area (Å²) in [6.07, 6.45) is -1.16. The second-order valence-corrected chi connectivity index (χ2v) is 15.8. The van der Waals surface area contributed by atoms with E-state index in [0.717, 1.165) is 17.7 Å². The molecule has 7 amide bonds. The molecule has 0 aliphatic carbocycles. The van der Waals surface area contributed by atoms with Gasteiger partial charge in [0, 0.05) is 32.7 Å². The molecule has 0 spiro atoms. The smallest absolute Gasteiger partial charge is 0.322 e. The highest BCUT2D eigenvalue weighted by Gasteiger charge is 2.41. The van der Waals surface area contributed by atoms with Crippen LogP contribution in [0.15, 0.2) is 42.5 Å². The Morgan fingerprint density at radius 3 is 1.84 bits per heavy atom. The van der Waals surface area contributed by atoms with Crippen LogP contribution in [-0.4, -0.2) is 135 Å². The van der Waals surface area contributed by atoms with Crippen molar-refractivity contribution in [1.29, 1.82) is 0 Å². The van der Waals surface area contributed by atoms with Crippen LogP contribution >= 0.6 is 0 Å². The minimum absolute atomic E-state index is 0.0433. The zero-order valence-electron chi connectivity index (χ0n) is 36.1. The molecule has 9 N–H and O–H groups in total. The molecule has 1 aliphatic heterocycles. The predicted molar refractivity (Wildman–Crippen MR) is 227 cm³/mol. The van der Waals surface area contributed by atoms with Gasteiger partial charge in [-0.2, -0.15) is 0 Å². The van der Waals surface area contributed by atoms with E-state index >= 15 is 0 Å². The molecule has 0 saturated carbocycles. The lowest BCUT2D eigenvalue weighted by molar-refractivity contribution is -0.145. The average molecular weight is 896 g/mol. The Bertz CT molecular complexity index is 2090. The lowest BCUT2D eigenvalue weighted by Gasteiger charge is -2.32. The molecule has 21 nitrogen and oxygen atoms in total. The van der Waals surface area contributed by atoms with E-state index in [1.54, 1.807) is 45.0 Å². The summed E-state index contributed by atoms with van der Waals surface area (Å²) in [7, 11) is 0. The molecular weight excluding hydrogens is 839 g/mol. The van der Waals surface area contributed by atoms with Crippen molar-refractivity contribution in [3.8, 4) is 0 Å². The Labute approximate surface area is 368 Å². The molecule has 2 aromatic carbocycles. The molecule has 0 bridgehead atoms. The van der Waals surface area contributed by atoms with E-state index in [-0.39, 0.29) is 32.2 Å². The zero-order chi connectivity index (χ0) is 47.7. The molecule has 6 atom stereocenters. The summed E-state index contributed by atoms with van der Waals surface area (Å²) < 4.78 is 0. The van der Waals surface area contributed by atoms with Gasteiger partial charge in [0.05, 0.1) is 6.04 Å². The van der Waals surface area contributed by atoms with Crippen molar-refractivity contribution >= 4 is 75.8 Å². The number of fused-ring (bicyclic) bond motifs is 1. The second-order valence-electron chi connectivity index (χ2n) is 15.8. The van der Waals surface area contributed by atoms with Crippen molar-refractivity contribution < 1.29 is 68.1 Å². The SMILES string of the molecule is CCCC(NC(=O)C1CCCN1C(=O)C(NC(=O)C(Cc1cccc2ccccc12)NC(=O)C(CCC(=O)O)NC(=O)C(CCC(=O)O)NC(C)=O)C(C)C)C(=O)C(=O)NCC(=O)O. The van der Waals surface area contributed by atoms with Gasteiger partial charge in [-0.05, 0) is 54.4 Å². The topological polar surface area (TPSA) is 324 Å². The van der Waals surface area contributed by atoms with E-state index in [1.807, 2.05) is 23.5 Å². The number of carboxylic acids is 3. The van der Waals surface area contributed by atoms with E-state index < -0.39 is 133 Å². The normalized spacial score (nSPS) is 15.7. The van der Waals surface area contributed by atoms with Crippen LogP contribution in [0, 0.1) is 5.92 Å². The summed E-state index contributed by atoms with van der Waals surface area (Å²) in [5, 5.41) is 43.6. The Hall–Kier alpha value is -6.93. The van der Waals surface area contributed by atoms with Gasteiger partial charge in [-0.3, -0.25) is 52.7 Å². The van der Waals surface area contributed by atoms with Gasteiger partial charge in [-0.1, -0.05) is 69.7 Å². The predicted octanol–water partition coefficient (Wildman–Crippen LogP) is -0.227. The van der Waals surface area contributed by atoms with Crippen molar-refractivity contribution in [3.63, 3.8) is 0 Å². The number of likely N-dealkylation sites (tertiary alicyclic amines) is 1. The molecular formula is C43H57N7O14. The van der Waals surface area contributed by atoms with Crippen LogP contribution < -0.4 is 31.9 Å². The maximum absolute atomic E-state index is 14.4. The van der Waals surface area contributed by atoms with Gasteiger partial charge < -0.3 is 52.1 Å². The first-order valence-corrected chi connectivity index (χ1v) is 21.0. The number of Topliss-reactive ketones (excluding diaryl/α,β-unsaturated/α-hetero) is 1. The molecule has 6 unspecified atom stereocenters. The minimum Gasteiger partial charge on any atom is -0.481 e. The number of carboxylic acid groups (broad SMARTS) is 3. The summed E-state index contributed by atoms with van der Waals surface area (Å²) in [5.74, 6) is -11.7. The molecule has 1 fully saturated rings. The molecule has 348 valence electrons. The number of benzene rings is 2. The van der Waals surface area contributed by atoms with E-state index in [2.05, 4.69) is 26.6 Å². The van der Waals surface area contributed by atoms with E-state index in [0.29, 0.717) is 18.4 Å². The number of nitrogens with zero attached hydrogens (tertiary/aromatic N) is 1. The molecule has 1 aliphatic rings. The highest BCUT2D eigenvalue weighted by Crippen LogP contribution is 2.23. The Kier molecular flexibility index (Phi) is 19.8. The first kappa shape index (κ1) is 51.4. The van der Waals surface area contributed by atoms with Crippen molar-refractivity contribution in [2.24, 2.45) is 5.92 Å². The van der Waals surface area contributed by atoms with Crippen molar-refractivity contribution in [2.45, 2.75) is 122 Å². The fourth-order valence-electron chi connectivity index (χ4n) is 7.24. The van der Waals surface area contributed by atoms with Gasteiger partial charge in [0.1, 0.15) is 36.8 Å². The number of ketones is 1. The molecule has 21 heteroatoms. The Morgan fingerprint density at radius 2 is 1.27 bits per heavy atom. The summed E-state index contributed by atoms with van der Waals surface area (Å²) in [6.45, 7) is 5.38. The van der Waals surface area contributed by atoms with Gasteiger partial charge >= 0.3 is 17.9 Å². The minimum atomic E-state index is -1.59. The fraction of sp³-hybridized carbons (Fsp3) is 0.512. The van der Waals surface area contributed by atoms with Crippen LogP contribution in [0.1, 0.15) is 84.6 Å². The van der Waals surface area contributed by atoms with Crippen LogP contribution in [0.4, 0.5) is 0 Å². The van der Waals surface area contributed by atoms with Crippen LogP contribution in [0.2, 0.25) is 0 Å². The lowest BCUT2D eigenvalue weighted by atomic mass is 9.96. The van der Waals surface area contributed by atoms with Gasteiger partial charge in [0.15, 0.2) is 0 Å². The van der Waals surface area contributed by atoms with E-state index in [9.17, 15) is 63.0 Å². The molecule has 3 rings (SSSR count). The maximum Gasteiger partial charge on any atom is 0.322 e. The third kappa shape index (κ3) is 15.5. The zero-order valence-corrected chi connectivity index (χ0v) is 36.1. The van der Waals surface area contributed by atoms with Crippen molar-refractivity contribution in [3.05, 3.63) is 48.0 Å². The number of nitrogens with one attached hydrogen (secondary N) is 6. The third-order valence-corrected chi connectivity index (χ3v) is 10.5. The van der Waals surface area contributed by atoms with Gasteiger partial charge in [0.25, 0.3) is 5.91 Å². The quantitative estimate of drug-likeness (QED) is 0.0582. The summed E-state index contributed by atoms with van der Waals surface area (Å²) >= 11 is 0. The Balaban J connectivity index is 1.94.